The lowest BCUT2D eigenvalue weighted by molar-refractivity contribution is -0.144. The molecule has 2 rings (SSSR count). The fourth-order valence-corrected chi connectivity index (χ4v) is 2.72. The molecule has 2 N–H and O–H groups in total. The summed E-state index contributed by atoms with van der Waals surface area (Å²) in [4.78, 5) is 24.7. The molecular weight excluding hydrogens is 343 g/mol. The maximum absolute atomic E-state index is 13.6. The number of aliphatic carboxylic acids is 1. The molecule has 7 heteroatoms. The minimum Gasteiger partial charge on any atom is -0.481 e. The molecule has 21 heavy (non-hydrogen) atoms. The van der Waals surface area contributed by atoms with E-state index in [1.807, 2.05) is 0 Å². The molecule has 0 saturated carbocycles. The first-order valence-electron chi connectivity index (χ1n) is 6.66. The first-order chi connectivity index (χ1) is 9.95. The van der Waals surface area contributed by atoms with Crippen LogP contribution in [0.25, 0.3) is 0 Å². The molecule has 1 aliphatic rings. The number of hydrogen-bond acceptors (Lipinski definition) is 3. The van der Waals surface area contributed by atoms with E-state index in [-0.39, 0.29) is 18.1 Å². The number of amides is 1. The van der Waals surface area contributed by atoms with Crippen LogP contribution in [0, 0.1) is 11.7 Å². The van der Waals surface area contributed by atoms with E-state index < -0.39 is 17.7 Å². The molecule has 1 saturated heterocycles. The smallest absolute Gasteiger partial charge is 0.307 e. The van der Waals surface area contributed by atoms with Gasteiger partial charge in [-0.3, -0.25) is 14.5 Å². The Kier molecular flexibility index (Phi) is 5.30. The predicted molar refractivity (Wildman–Crippen MR) is 79.5 cm³/mol. The Morgan fingerprint density at radius 2 is 2.24 bits per heavy atom. The fourth-order valence-electron chi connectivity index (χ4n) is 2.38. The summed E-state index contributed by atoms with van der Waals surface area (Å²) in [6.07, 6.45) is 1.38. The highest BCUT2D eigenvalue weighted by molar-refractivity contribution is 9.10. The number of halogens is 2. The van der Waals surface area contributed by atoms with E-state index in [0.29, 0.717) is 24.0 Å². The molecule has 1 aromatic carbocycles. The standard InChI is InChI=1S/C14H16BrFN2O3/c15-10-3-4-12(11(16)6-10)17-13(19)8-18-5-1-2-9(7-18)14(20)21/h3-4,6,9H,1-2,5,7-8H2,(H,17,19)(H,20,21). The molecular formula is C14H16BrFN2O3. The lowest BCUT2D eigenvalue weighted by Crippen LogP contribution is -2.42. The second-order valence-electron chi connectivity index (χ2n) is 5.08. The van der Waals surface area contributed by atoms with Gasteiger partial charge >= 0.3 is 5.97 Å². The largest absolute Gasteiger partial charge is 0.481 e. The molecule has 0 bridgehead atoms. The summed E-state index contributed by atoms with van der Waals surface area (Å²) in [7, 11) is 0. The van der Waals surface area contributed by atoms with E-state index >= 15 is 0 Å². The van der Waals surface area contributed by atoms with E-state index in [9.17, 15) is 14.0 Å². The summed E-state index contributed by atoms with van der Waals surface area (Å²) in [5, 5.41) is 11.5. The van der Waals surface area contributed by atoms with Crippen molar-refractivity contribution in [2.45, 2.75) is 12.8 Å². The maximum atomic E-state index is 13.6. The van der Waals surface area contributed by atoms with Crippen molar-refractivity contribution in [2.24, 2.45) is 5.92 Å². The number of hydrogen-bond donors (Lipinski definition) is 2. The van der Waals surface area contributed by atoms with Gasteiger partial charge < -0.3 is 10.4 Å². The van der Waals surface area contributed by atoms with Crippen molar-refractivity contribution >= 4 is 33.5 Å². The highest BCUT2D eigenvalue weighted by atomic mass is 79.9. The van der Waals surface area contributed by atoms with Crippen LogP contribution in [0.2, 0.25) is 0 Å². The lowest BCUT2D eigenvalue weighted by atomic mass is 9.98. The van der Waals surface area contributed by atoms with Crippen LogP contribution in [0.3, 0.4) is 0 Å². The molecule has 0 spiro atoms. The number of carboxylic acid groups (broad SMARTS) is 1. The van der Waals surface area contributed by atoms with Gasteiger partial charge in [-0.05, 0) is 37.6 Å². The van der Waals surface area contributed by atoms with Gasteiger partial charge in [-0.15, -0.1) is 0 Å². The number of benzene rings is 1. The Morgan fingerprint density at radius 3 is 2.90 bits per heavy atom. The Balaban J connectivity index is 1.91. The van der Waals surface area contributed by atoms with Gasteiger partial charge in [0, 0.05) is 11.0 Å². The monoisotopic (exact) mass is 358 g/mol. The molecule has 1 atom stereocenters. The SMILES string of the molecule is O=C(CN1CCCC(C(=O)O)C1)Nc1ccc(Br)cc1F. The number of anilines is 1. The van der Waals surface area contributed by atoms with Crippen molar-refractivity contribution in [1.29, 1.82) is 0 Å². The zero-order valence-corrected chi connectivity index (χ0v) is 12.9. The molecule has 1 fully saturated rings. The van der Waals surface area contributed by atoms with Gasteiger partial charge in [-0.2, -0.15) is 0 Å². The number of carbonyl (C=O) groups is 2. The van der Waals surface area contributed by atoms with E-state index in [1.54, 1.807) is 11.0 Å². The van der Waals surface area contributed by atoms with Crippen LogP contribution >= 0.6 is 15.9 Å². The van der Waals surface area contributed by atoms with E-state index in [0.717, 1.165) is 6.42 Å². The first kappa shape index (κ1) is 15.9. The molecule has 1 aliphatic heterocycles. The minimum absolute atomic E-state index is 0.0687. The van der Waals surface area contributed by atoms with Crippen molar-refractivity contribution in [3.05, 3.63) is 28.5 Å². The molecule has 1 unspecified atom stereocenters. The summed E-state index contributed by atoms with van der Waals surface area (Å²) in [6, 6.07) is 4.39. The van der Waals surface area contributed by atoms with Crippen LogP contribution in [-0.4, -0.2) is 41.5 Å². The van der Waals surface area contributed by atoms with Gasteiger partial charge in [0.2, 0.25) is 5.91 Å². The Bertz CT molecular complexity index is 553. The van der Waals surface area contributed by atoms with Gasteiger partial charge in [-0.25, -0.2) is 4.39 Å². The number of carboxylic acids is 1. The number of likely N-dealkylation sites (tertiary alicyclic amines) is 1. The van der Waals surface area contributed by atoms with Gasteiger partial charge in [-0.1, -0.05) is 15.9 Å². The van der Waals surface area contributed by atoms with Gasteiger partial charge in [0.1, 0.15) is 5.82 Å². The summed E-state index contributed by atoms with van der Waals surface area (Å²) < 4.78 is 14.2. The zero-order chi connectivity index (χ0) is 15.4. The highest BCUT2D eigenvalue weighted by Gasteiger charge is 2.26. The molecule has 0 radical (unpaired) electrons. The number of carbonyl (C=O) groups excluding carboxylic acids is 1. The minimum atomic E-state index is -0.834. The second kappa shape index (κ2) is 7.00. The number of nitrogens with zero attached hydrogens (tertiary/aromatic N) is 1. The second-order valence-corrected chi connectivity index (χ2v) is 6.00. The molecule has 114 valence electrons. The van der Waals surface area contributed by atoms with Gasteiger partial charge in [0.15, 0.2) is 0 Å². The molecule has 1 aromatic rings. The Hall–Kier alpha value is -1.47. The molecule has 5 nitrogen and oxygen atoms in total. The average molecular weight is 359 g/mol. The third kappa shape index (κ3) is 4.50. The first-order valence-corrected chi connectivity index (χ1v) is 7.45. The third-order valence-corrected chi connectivity index (χ3v) is 3.92. The van der Waals surface area contributed by atoms with Crippen molar-refractivity contribution in [1.82, 2.24) is 4.90 Å². The predicted octanol–water partition coefficient (Wildman–Crippen LogP) is 2.32. The number of rotatable bonds is 4. The number of piperidine rings is 1. The van der Waals surface area contributed by atoms with Crippen LogP contribution in [0.15, 0.2) is 22.7 Å². The normalized spacial score (nSPS) is 19.2. The van der Waals surface area contributed by atoms with Crippen LogP contribution in [0.5, 0.6) is 0 Å². The zero-order valence-electron chi connectivity index (χ0n) is 11.3. The van der Waals surface area contributed by atoms with Crippen molar-refractivity contribution in [3.63, 3.8) is 0 Å². The fraction of sp³-hybridized carbons (Fsp3) is 0.429. The highest BCUT2D eigenvalue weighted by Crippen LogP contribution is 2.20. The maximum Gasteiger partial charge on any atom is 0.307 e. The van der Waals surface area contributed by atoms with E-state index in [2.05, 4.69) is 21.2 Å². The van der Waals surface area contributed by atoms with Gasteiger partial charge in [0.05, 0.1) is 18.2 Å². The van der Waals surface area contributed by atoms with Crippen molar-refractivity contribution in [2.75, 3.05) is 25.0 Å². The van der Waals surface area contributed by atoms with Crippen LogP contribution in [-0.2, 0) is 9.59 Å². The summed E-state index contributed by atoms with van der Waals surface area (Å²) in [5.41, 5.74) is 0.120. The topological polar surface area (TPSA) is 69.6 Å². The van der Waals surface area contributed by atoms with Crippen LogP contribution in [0.4, 0.5) is 10.1 Å². The molecule has 1 amide bonds. The Morgan fingerprint density at radius 1 is 1.48 bits per heavy atom. The van der Waals surface area contributed by atoms with E-state index in [1.165, 1.54) is 12.1 Å². The van der Waals surface area contributed by atoms with Crippen LogP contribution in [0.1, 0.15) is 12.8 Å². The average Bonchev–Trinajstić information content (AvgIpc) is 2.42. The quantitative estimate of drug-likeness (QED) is 0.866. The lowest BCUT2D eigenvalue weighted by Gasteiger charge is -2.29. The van der Waals surface area contributed by atoms with Crippen LogP contribution < -0.4 is 5.32 Å². The third-order valence-electron chi connectivity index (χ3n) is 3.43. The van der Waals surface area contributed by atoms with Gasteiger partial charge in [0.25, 0.3) is 0 Å². The summed E-state index contributed by atoms with van der Waals surface area (Å²) in [6.45, 7) is 1.10. The van der Waals surface area contributed by atoms with Crippen molar-refractivity contribution in [3.8, 4) is 0 Å². The molecule has 0 aliphatic carbocycles. The molecule has 0 aromatic heterocycles. The summed E-state index contributed by atoms with van der Waals surface area (Å²) >= 11 is 3.15. The Labute approximate surface area is 130 Å². The molecule has 1 heterocycles. The number of nitrogens with one attached hydrogen (secondary N) is 1. The van der Waals surface area contributed by atoms with Crippen molar-refractivity contribution < 1.29 is 19.1 Å². The van der Waals surface area contributed by atoms with E-state index in [4.69, 9.17) is 5.11 Å². The summed E-state index contributed by atoms with van der Waals surface area (Å²) in [5.74, 6) is -2.13.